The maximum atomic E-state index is 12.2. The fourth-order valence-corrected chi connectivity index (χ4v) is 2.63. The Balaban J connectivity index is 1.68. The van der Waals surface area contributed by atoms with E-state index in [1.165, 1.54) is 0 Å². The molecule has 2 heterocycles. The van der Waals surface area contributed by atoms with Gasteiger partial charge in [0.1, 0.15) is 5.60 Å². The molecule has 1 saturated carbocycles. The first kappa shape index (κ1) is 15.3. The molecule has 2 aliphatic rings. The first-order valence-corrected chi connectivity index (χ1v) is 7.90. The van der Waals surface area contributed by atoms with E-state index in [0.29, 0.717) is 31.3 Å². The van der Waals surface area contributed by atoms with E-state index in [9.17, 15) is 4.79 Å². The number of carbonyl (C=O) groups excluding carboxylic acids is 1. The predicted octanol–water partition coefficient (Wildman–Crippen LogP) is 2.00. The lowest BCUT2D eigenvalue weighted by Crippen LogP contribution is -2.49. The van der Waals surface area contributed by atoms with E-state index >= 15 is 0 Å². The second-order valence-electron chi connectivity index (χ2n) is 7.25. The Hall–Kier alpha value is -1.63. The SMILES string of the molecule is CC(C)(C)OC(=O)N1CC[C@H](N)[C@@H](c2nc(C3CC3)no2)C1. The molecule has 7 heteroatoms. The molecular weight excluding hydrogens is 284 g/mol. The number of rotatable bonds is 2. The zero-order valence-electron chi connectivity index (χ0n) is 13.4. The van der Waals surface area contributed by atoms with Gasteiger partial charge in [0, 0.05) is 25.0 Å². The van der Waals surface area contributed by atoms with Crippen molar-refractivity contribution < 1.29 is 14.1 Å². The van der Waals surface area contributed by atoms with Crippen LogP contribution >= 0.6 is 0 Å². The van der Waals surface area contributed by atoms with Crippen molar-refractivity contribution in [3.05, 3.63) is 11.7 Å². The summed E-state index contributed by atoms with van der Waals surface area (Å²) in [5.74, 6) is 1.64. The lowest BCUT2D eigenvalue weighted by Gasteiger charge is -2.35. The second kappa shape index (κ2) is 5.53. The van der Waals surface area contributed by atoms with Gasteiger partial charge in [-0.3, -0.25) is 0 Å². The number of nitrogens with two attached hydrogens (primary N) is 1. The fourth-order valence-electron chi connectivity index (χ4n) is 2.63. The third kappa shape index (κ3) is 3.40. The van der Waals surface area contributed by atoms with E-state index in [1.54, 1.807) is 4.90 Å². The molecule has 0 bridgehead atoms. The van der Waals surface area contributed by atoms with Crippen LogP contribution < -0.4 is 5.73 Å². The van der Waals surface area contributed by atoms with Gasteiger partial charge in [-0.25, -0.2) is 4.79 Å². The number of likely N-dealkylation sites (tertiary alicyclic amines) is 1. The van der Waals surface area contributed by atoms with Gasteiger partial charge in [-0.15, -0.1) is 0 Å². The maximum Gasteiger partial charge on any atom is 0.410 e. The molecule has 22 heavy (non-hydrogen) atoms. The van der Waals surface area contributed by atoms with Crippen molar-refractivity contribution in [2.24, 2.45) is 5.73 Å². The van der Waals surface area contributed by atoms with Crippen LogP contribution in [0.3, 0.4) is 0 Å². The van der Waals surface area contributed by atoms with Gasteiger partial charge in [0.2, 0.25) is 5.89 Å². The van der Waals surface area contributed by atoms with Gasteiger partial charge in [-0.05, 0) is 40.0 Å². The second-order valence-corrected chi connectivity index (χ2v) is 7.25. The summed E-state index contributed by atoms with van der Waals surface area (Å²) >= 11 is 0. The minimum absolute atomic E-state index is 0.0776. The lowest BCUT2D eigenvalue weighted by atomic mass is 9.93. The van der Waals surface area contributed by atoms with Gasteiger partial charge in [0.25, 0.3) is 0 Å². The normalized spacial score (nSPS) is 26.1. The van der Waals surface area contributed by atoms with Crippen LogP contribution in [0, 0.1) is 0 Å². The highest BCUT2D eigenvalue weighted by Crippen LogP contribution is 2.39. The topological polar surface area (TPSA) is 94.5 Å². The number of ether oxygens (including phenoxy) is 1. The minimum atomic E-state index is -0.504. The summed E-state index contributed by atoms with van der Waals surface area (Å²) < 4.78 is 10.8. The van der Waals surface area contributed by atoms with E-state index in [-0.39, 0.29) is 18.1 Å². The smallest absolute Gasteiger partial charge is 0.410 e. The Bertz CT molecular complexity index is 547. The zero-order chi connectivity index (χ0) is 15.9. The van der Waals surface area contributed by atoms with Crippen LogP contribution in [0.4, 0.5) is 4.79 Å². The predicted molar refractivity (Wildman–Crippen MR) is 79.4 cm³/mol. The minimum Gasteiger partial charge on any atom is -0.444 e. The molecule has 1 aromatic rings. The molecule has 0 aromatic carbocycles. The highest BCUT2D eigenvalue weighted by Gasteiger charge is 2.37. The molecule has 2 fully saturated rings. The molecule has 0 spiro atoms. The molecule has 1 aromatic heterocycles. The van der Waals surface area contributed by atoms with Gasteiger partial charge in [-0.1, -0.05) is 5.16 Å². The molecular formula is C15H24N4O3. The van der Waals surface area contributed by atoms with Crippen molar-refractivity contribution in [2.45, 2.75) is 63.5 Å². The van der Waals surface area contributed by atoms with Crippen LogP contribution in [-0.4, -0.2) is 45.9 Å². The van der Waals surface area contributed by atoms with Gasteiger partial charge in [-0.2, -0.15) is 4.98 Å². The molecule has 0 radical (unpaired) electrons. The number of piperidine rings is 1. The molecule has 1 aliphatic heterocycles. The van der Waals surface area contributed by atoms with E-state index in [1.807, 2.05) is 20.8 Å². The van der Waals surface area contributed by atoms with Gasteiger partial charge >= 0.3 is 6.09 Å². The summed E-state index contributed by atoms with van der Waals surface area (Å²) in [6, 6.07) is -0.0776. The van der Waals surface area contributed by atoms with Crippen LogP contribution in [0.2, 0.25) is 0 Å². The highest BCUT2D eigenvalue weighted by atomic mass is 16.6. The number of nitrogens with zero attached hydrogens (tertiary/aromatic N) is 3. The van der Waals surface area contributed by atoms with E-state index in [2.05, 4.69) is 10.1 Å². The van der Waals surface area contributed by atoms with E-state index in [0.717, 1.165) is 18.7 Å². The van der Waals surface area contributed by atoms with Gasteiger partial charge in [0.15, 0.2) is 5.82 Å². The summed E-state index contributed by atoms with van der Waals surface area (Å²) in [6.07, 6.45) is 2.64. The molecule has 1 saturated heterocycles. The average molecular weight is 308 g/mol. The Morgan fingerprint density at radius 2 is 2.09 bits per heavy atom. The number of amides is 1. The van der Waals surface area contributed by atoms with Crippen molar-refractivity contribution in [1.29, 1.82) is 0 Å². The molecule has 1 aliphatic carbocycles. The van der Waals surface area contributed by atoms with Crippen LogP contribution in [0.25, 0.3) is 0 Å². The summed E-state index contributed by atoms with van der Waals surface area (Å²) in [5, 5.41) is 4.04. The molecule has 3 rings (SSSR count). The third-order valence-corrected chi connectivity index (χ3v) is 4.04. The molecule has 7 nitrogen and oxygen atoms in total. The number of carbonyl (C=O) groups is 1. The van der Waals surface area contributed by atoms with Crippen LogP contribution in [0.5, 0.6) is 0 Å². The lowest BCUT2D eigenvalue weighted by molar-refractivity contribution is 0.0175. The molecule has 2 N–H and O–H groups in total. The van der Waals surface area contributed by atoms with Crippen LogP contribution in [-0.2, 0) is 4.74 Å². The first-order valence-electron chi connectivity index (χ1n) is 7.90. The van der Waals surface area contributed by atoms with Crippen molar-refractivity contribution in [3.8, 4) is 0 Å². The number of hydrogen-bond acceptors (Lipinski definition) is 6. The Kier molecular flexibility index (Phi) is 3.84. The third-order valence-electron chi connectivity index (χ3n) is 4.04. The standard InChI is InChI=1S/C15H24N4O3/c1-15(2,3)21-14(20)19-7-6-11(16)10(8-19)13-17-12(18-22-13)9-4-5-9/h9-11H,4-8,16H2,1-3H3/t10-,11-/m0/s1. The van der Waals surface area contributed by atoms with Crippen LogP contribution in [0.1, 0.15) is 63.6 Å². The largest absolute Gasteiger partial charge is 0.444 e. The maximum absolute atomic E-state index is 12.2. The van der Waals surface area contributed by atoms with Crippen molar-refractivity contribution in [3.63, 3.8) is 0 Å². The molecule has 1 amide bonds. The molecule has 2 atom stereocenters. The summed E-state index contributed by atoms with van der Waals surface area (Å²) in [4.78, 5) is 18.4. The summed E-state index contributed by atoms with van der Waals surface area (Å²) in [7, 11) is 0. The van der Waals surface area contributed by atoms with Crippen molar-refractivity contribution >= 4 is 6.09 Å². The monoisotopic (exact) mass is 308 g/mol. The Labute approximate surface area is 130 Å². The summed E-state index contributed by atoms with van der Waals surface area (Å²) in [5.41, 5.74) is 5.69. The van der Waals surface area contributed by atoms with Gasteiger partial charge in [0.05, 0.1) is 5.92 Å². The van der Waals surface area contributed by atoms with Crippen LogP contribution in [0.15, 0.2) is 4.52 Å². The zero-order valence-corrected chi connectivity index (χ0v) is 13.4. The van der Waals surface area contributed by atoms with E-state index < -0.39 is 5.60 Å². The van der Waals surface area contributed by atoms with Crippen molar-refractivity contribution in [2.75, 3.05) is 13.1 Å². The quantitative estimate of drug-likeness (QED) is 0.898. The van der Waals surface area contributed by atoms with Crippen molar-refractivity contribution in [1.82, 2.24) is 15.0 Å². The summed E-state index contributed by atoms with van der Waals surface area (Å²) in [6.45, 7) is 6.63. The fraction of sp³-hybridized carbons (Fsp3) is 0.800. The first-order chi connectivity index (χ1) is 10.3. The highest BCUT2D eigenvalue weighted by molar-refractivity contribution is 5.68. The molecule has 122 valence electrons. The van der Waals surface area contributed by atoms with Gasteiger partial charge < -0.3 is 19.9 Å². The average Bonchev–Trinajstić information content (AvgIpc) is 3.16. The Morgan fingerprint density at radius 1 is 1.36 bits per heavy atom. The number of aromatic nitrogens is 2. The number of hydrogen-bond donors (Lipinski definition) is 1. The molecule has 0 unspecified atom stereocenters. The van der Waals surface area contributed by atoms with E-state index in [4.69, 9.17) is 15.0 Å². The Morgan fingerprint density at radius 3 is 2.73 bits per heavy atom.